The highest BCUT2D eigenvalue weighted by molar-refractivity contribution is 9.10. The van der Waals surface area contributed by atoms with Gasteiger partial charge in [-0.1, -0.05) is 45.7 Å². The molecule has 0 unspecified atom stereocenters. The molecule has 0 aromatic heterocycles. The molecule has 3 rings (SSSR count). The number of anilines is 1. The monoisotopic (exact) mass is 422 g/mol. The first kappa shape index (κ1) is 18.2. The van der Waals surface area contributed by atoms with Gasteiger partial charge in [-0.25, -0.2) is 4.79 Å². The Hall–Kier alpha value is -1.56. The predicted octanol–water partition coefficient (Wildman–Crippen LogP) is 5.32. The lowest BCUT2D eigenvalue weighted by molar-refractivity contribution is 0.00101. The molecule has 0 spiro atoms. The van der Waals surface area contributed by atoms with Gasteiger partial charge in [0.15, 0.2) is 0 Å². The van der Waals surface area contributed by atoms with Gasteiger partial charge in [0.2, 0.25) is 0 Å². The third kappa shape index (κ3) is 5.46. The number of hydrogen-bond acceptors (Lipinski definition) is 2. The van der Waals surface area contributed by atoms with Crippen LogP contribution in [0.3, 0.4) is 0 Å². The molecule has 2 amide bonds. The van der Waals surface area contributed by atoms with Gasteiger partial charge in [-0.2, -0.15) is 0 Å². The molecular weight excluding hydrogens is 404 g/mol. The maximum Gasteiger partial charge on any atom is 0.321 e. The maximum atomic E-state index is 12.4. The molecular formula is C19H20BrClN2O2. The summed E-state index contributed by atoms with van der Waals surface area (Å²) in [4.78, 5) is 14.2. The lowest BCUT2D eigenvalue weighted by Gasteiger charge is -2.32. The number of carbonyl (C=O) groups excluding carboxylic acids is 1. The highest BCUT2D eigenvalue weighted by Gasteiger charge is 2.24. The minimum atomic E-state index is -0.112. The number of benzene rings is 2. The molecule has 132 valence electrons. The van der Waals surface area contributed by atoms with Gasteiger partial charge in [0.25, 0.3) is 0 Å². The minimum absolute atomic E-state index is 0.0579. The summed E-state index contributed by atoms with van der Waals surface area (Å²) < 4.78 is 7.05. The smallest absolute Gasteiger partial charge is 0.321 e. The Morgan fingerprint density at radius 3 is 2.84 bits per heavy atom. The molecule has 1 heterocycles. The molecule has 1 fully saturated rings. The number of halogens is 2. The van der Waals surface area contributed by atoms with Crippen molar-refractivity contribution in [1.29, 1.82) is 0 Å². The summed E-state index contributed by atoms with van der Waals surface area (Å²) in [5.41, 5.74) is 1.83. The lowest BCUT2D eigenvalue weighted by atomic mass is 10.1. The van der Waals surface area contributed by atoms with Crippen LogP contribution in [0.5, 0.6) is 0 Å². The van der Waals surface area contributed by atoms with Crippen LogP contribution < -0.4 is 5.32 Å². The Labute approximate surface area is 161 Å². The Morgan fingerprint density at radius 2 is 2.08 bits per heavy atom. The summed E-state index contributed by atoms with van der Waals surface area (Å²) >= 11 is 9.39. The zero-order valence-corrected chi connectivity index (χ0v) is 16.1. The van der Waals surface area contributed by atoms with Crippen molar-refractivity contribution in [3.63, 3.8) is 0 Å². The number of nitrogens with zero attached hydrogens (tertiary/aromatic N) is 1. The summed E-state index contributed by atoms with van der Waals surface area (Å²) in [6.07, 6.45) is 1.97. The fourth-order valence-electron chi connectivity index (χ4n) is 2.82. The topological polar surface area (TPSA) is 41.6 Å². The van der Waals surface area contributed by atoms with Crippen molar-refractivity contribution in [2.24, 2.45) is 0 Å². The van der Waals surface area contributed by atoms with Crippen LogP contribution in [0.4, 0.5) is 10.5 Å². The van der Waals surface area contributed by atoms with Crippen molar-refractivity contribution >= 4 is 39.2 Å². The average Bonchev–Trinajstić information content (AvgIpc) is 2.61. The predicted molar refractivity (Wildman–Crippen MR) is 104 cm³/mol. The molecule has 1 aliphatic rings. The fraction of sp³-hybridized carbons (Fsp3) is 0.316. The van der Waals surface area contributed by atoms with Crippen molar-refractivity contribution in [1.82, 2.24) is 4.90 Å². The Bertz CT molecular complexity index is 724. The summed E-state index contributed by atoms with van der Waals surface area (Å²) in [7, 11) is 0. The Balaban J connectivity index is 1.51. The quantitative estimate of drug-likeness (QED) is 0.723. The lowest BCUT2D eigenvalue weighted by Crippen LogP contribution is -2.45. The molecule has 25 heavy (non-hydrogen) atoms. The molecule has 1 atom stereocenters. The number of urea groups is 1. The molecule has 2 aromatic carbocycles. The Kier molecular flexibility index (Phi) is 6.34. The summed E-state index contributed by atoms with van der Waals surface area (Å²) in [5.74, 6) is 0. The third-order valence-corrected chi connectivity index (χ3v) is 4.90. The normalized spacial score (nSPS) is 17.4. The van der Waals surface area contributed by atoms with Gasteiger partial charge in [-0.3, -0.25) is 0 Å². The molecule has 6 heteroatoms. The SMILES string of the molecule is O=C(Nc1cccc(Cl)c1)N1CCC[C@@H](OCc2ccc(Br)cc2)C1. The van der Waals surface area contributed by atoms with Crippen LogP contribution in [0.15, 0.2) is 53.0 Å². The maximum absolute atomic E-state index is 12.4. The van der Waals surface area contributed by atoms with Crippen LogP contribution in [0.2, 0.25) is 5.02 Å². The van der Waals surface area contributed by atoms with Gasteiger partial charge in [0.1, 0.15) is 0 Å². The number of nitrogens with one attached hydrogen (secondary N) is 1. The van der Waals surface area contributed by atoms with E-state index in [1.165, 1.54) is 0 Å². The number of rotatable bonds is 4. The Morgan fingerprint density at radius 1 is 1.28 bits per heavy atom. The summed E-state index contributed by atoms with van der Waals surface area (Å²) in [5, 5.41) is 3.50. The second-order valence-corrected chi connectivity index (χ2v) is 7.44. The zero-order chi connectivity index (χ0) is 17.6. The first-order valence-corrected chi connectivity index (χ1v) is 9.45. The van der Waals surface area contributed by atoms with E-state index < -0.39 is 0 Å². The molecule has 1 saturated heterocycles. The number of hydrogen-bond donors (Lipinski definition) is 1. The van der Waals surface area contributed by atoms with E-state index in [2.05, 4.69) is 21.2 Å². The van der Waals surface area contributed by atoms with Gasteiger partial charge in [-0.15, -0.1) is 0 Å². The first-order valence-electron chi connectivity index (χ1n) is 8.28. The fourth-order valence-corrected chi connectivity index (χ4v) is 3.28. The zero-order valence-electron chi connectivity index (χ0n) is 13.8. The van der Waals surface area contributed by atoms with Crippen molar-refractivity contribution in [2.75, 3.05) is 18.4 Å². The van der Waals surface area contributed by atoms with Crippen LogP contribution in [0, 0.1) is 0 Å². The highest BCUT2D eigenvalue weighted by Crippen LogP contribution is 2.19. The van der Waals surface area contributed by atoms with Gasteiger partial charge in [0.05, 0.1) is 12.7 Å². The van der Waals surface area contributed by atoms with E-state index in [0.29, 0.717) is 23.9 Å². The number of carbonyl (C=O) groups is 1. The van der Waals surface area contributed by atoms with Crippen LogP contribution >= 0.6 is 27.5 Å². The van der Waals surface area contributed by atoms with E-state index in [-0.39, 0.29) is 12.1 Å². The molecule has 0 saturated carbocycles. The molecule has 1 aliphatic heterocycles. The third-order valence-electron chi connectivity index (χ3n) is 4.14. The minimum Gasteiger partial charge on any atom is -0.372 e. The van der Waals surface area contributed by atoms with E-state index in [1.54, 1.807) is 17.0 Å². The van der Waals surface area contributed by atoms with Crippen molar-refractivity contribution in [3.05, 3.63) is 63.6 Å². The average molecular weight is 424 g/mol. The van der Waals surface area contributed by atoms with Crippen molar-refractivity contribution < 1.29 is 9.53 Å². The van der Waals surface area contributed by atoms with E-state index >= 15 is 0 Å². The molecule has 0 radical (unpaired) electrons. The highest BCUT2D eigenvalue weighted by atomic mass is 79.9. The van der Waals surface area contributed by atoms with Crippen LogP contribution in [-0.4, -0.2) is 30.1 Å². The summed E-state index contributed by atoms with van der Waals surface area (Å²) in [6.45, 7) is 1.90. The van der Waals surface area contributed by atoms with Crippen LogP contribution in [0.25, 0.3) is 0 Å². The van der Waals surface area contributed by atoms with Crippen LogP contribution in [-0.2, 0) is 11.3 Å². The van der Waals surface area contributed by atoms with Gasteiger partial charge in [0, 0.05) is 28.3 Å². The second kappa shape index (κ2) is 8.70. The van der Waals surface area contributed by atoms with Gasteiger partial charge < -0.3 is 15.0 Å². The van der Waals surface area contributed by atoms with Gasteiger partial charge >= 0.3 is 6.03 Å². The molecule has 0 bridgehead atoms. The second-order valence-electron chi connectivity index (χ2n) is 6.09. The van der Waals surface area contributed by atoms with Gasteiger partial charge in [-0.05, 0) is 48.7 Å². The molecule has 2 aromatic rings. The number of ether oxygens (including phenoxy) is 1. The number of likely N-dealkylation sites (tertiary alicyclic amines) is 1. The van der Waals surface area contributed by atoms with E-state index in [9.17, 15) is 4.79 Å². The van der Waals surface area contributed by atoms with Crippen LogP contribution in [0.1, 0.15) is 18.4 Å². The molecule has 0 aliphatic carbocycles. The summed E-state index contributed by atoms with van der Waals surface area (Å²) in [6, 6.07) is 15.1. The number of piperidine rings is 1. The standard InChI is InChI=1S/C19H20BrClN2O2/c20-15-8-6-14(7-9-15)13-25-18-5-2-10-23(12-18)19(24)22-17-4-1-3-16(21)11-17/h1,3-4,6-9,11,18H,2,5,10,12-13H2,(H,22,24)/t18-/m1/s1. The first-order chi connectivity index (χ1) is 12.1. The van der Waals surface area contributed by atoms with Crippen molar-refractivity contribution in [3.8, 4) is 0 Å². The van der Waals surface area contributed by atoms with E-state index in [4.69, 9.17) is 16.3 Å². The van der Waals surface area contributed by atoms with E-state index in [0.717, 1.165) is 29.4 Å². The number of amides is 2. The molecule has 1 N–H and O–H groups in total. The van der Waals surface area contributed by atoms with Crippen molar-refractivity contribution in [2.45, 2.75) is 25.6 Å². The molecule has 4 nitrogen and oxygen atoms in total. The van der Waals surface area contributed by atoms with E-state index in [1.807, 2.05) is 36.4 Å². The largest absolute Gasteiger partial charge is 0.372 e.